The molecule has 2 rings (SSSR count). The van der Waals surface area contributed by atoms with Crippen LogP contribution in [0.5, 0.6) is 5.75 Å². The smallest absolute Gasteiger partial charge is 0.133 e. The number of hydrogen-bond donors (Lipinski definition) is 1. The van der Waals surface area contributed by atoms with Crippen LogP contribution in [0, 0.1) is 13.8 Å². The minimum atomic E-state index is 0.723. The summed E-state index contributed by atoms with van der Waals surface area (Å²) in [5, 5.41) is 3.33. The Labute approximate surface area is 126 Å². The molecule has 1 heterocycles. The number of aromatic nitrogens is 2. The van der Waals surface area contributed by atoms with E-state index in [1.807, 2.05) is 18.2 Å². The molecule has 0 fully saturated rings. The molecule has 0 atom stereocenters. The zero-order chi connectivity index (χ0) is 15.2. The summed E-state index contributed by atoms with van der Waals surface area (Å²) in [6, 6.07) is 8.04. The quantitative estimate of drug-likeness (QED) is 0.886. The van der Waals surface area contributed by atoms with Gasteiger partial charge in [-0.15, -0.1) is 0 Å². The van der Waals surface area contributed by atoms with E-state index in [4.69, 9.17) is 4.74 Å². The van der Waals surface area contributed by atoms with Gasteiger partial charge >= 0.3 is 0 Å². The van der Waals surface area contributed by atoms with Crippen LogP contribution in [0.1, 0.15) is 35.3 Å². The molecule has 2 aromatic rings. The third-order valence-corrected chi connectivity index (χ3v) is 3.52. The van der Waals surface area contributed by atoms with Crippen molar-refractivity contribution in [2.24, 2.45) is 0 Å². The fraction of sp³-hybridized carbons (Fsp3) is 0.412. The predicted molar refractivity (Wildman–Crippen MR) is 84.7 cm³/mol. The Hall–Kier alpha value is -1.94. The summed E-state index contributed by atoms with van der Waals surface area (Å²) in [6.07, 6.45) is 0.723. The van der Waals surface area contributed by atoms with Crippen molar-refractivity contribution in [2.75, 3.05) is 13.7 Å². The highest BCUT2D eigenvalue weighted by Gasteiger charge is 2.09. The van der Waals surface area contributed by atoms with E-state index in [2.05, 4.69) is 42.1 Å². The van der Waals surface area contributed by atoms with Crippen molar-refractivity contribution in [2.45, 2.75) is 33.7 Å². The topological polar surface area (TPSA) is 47.0 Å². The maximum Gasteiger partial charge on any atom is 0.133 e. The van der Waals surface area contributed by atoms with Gasteiger partial charge in [-0.2, -0.15) is 0 Å². The third-order valence-electron chi connectivity index (χ3n) is 3.52. The largest absolute Gasteiger partial charge is 0.497 e. The molecule has 0 aliphatic rings. The van der Waals surface area contributed by atoms with Crippen molar-refractivity contribution >= 4 is 0 Å². The van der Waals surface area contributed by atoms with Gasteiger partial charge in [0.05, 0.1) is 7.11 Å². The lowest BCUT2D eigenvalue weighted by molar-refractivity contribution is 0.414. The zero-order valence-corrected chi connectivity index (χ0v) is 13.2. The van der Waals surface area contributed by atoms with Crippen molar-refractivity contribution in [3.05, 3.63) is 52.6 Å². The molecular formula is C17H23N3O. The SMILES string of the molecule is CCNCc1c(C)nc(Cc2cccc(OC)c2)nc1C. The number of aryl methyl sites for hydroxylation is 2. The fourth-order valence-electron chi connectivity index (χ4n) is 2.36. The van der Waals surface area contributed by atoms with Crippen LogP contribution in [-0.2, 0) is 13.0 Å². The van der Waals surface area contributed by atoms with E-state index in [1.54, 1.807) is 7.11 Å². The van der Waals surface area contributed by atoms with Crippen LogP contribution in [0.4, 0.5) is 0 Å². The lowest BCUT2D eigenvalue weighted by Crippen LogP contribution is -2.16. The molecule has 0 saturated carbocycles. The molecule has 1 aromatic carbocycles. The maximum atomic E-state index is 5.25. The van der Waals surface area contributed by atoms with Gasteiger partial charge in [0, 0.05) is 29.9 Å². The van der Waals surface area contributed by atoms with E-state index < -0.39 is 0 Å². The van der Waals surface area contributed by atoms with Gasteiger partial charge in [-0.1, -0.05) is 19.1 Å². The molecule has 112 valence electrons. The van der Waals surface area contributed by atoms with Gasteiger partial charge in [0.1, 0.15) is 11.6 Å². The number of ether oxygens (including phenoxy) is 1. The Morgan fingerprint density at radius 2 is 1.86 bits per heavy atom. The second-order valence-electron chi connectivity index (χ2n) is 5.10. The molecular weight excluding hydrogens is 262 g/mol. The van der Waals surface area contributed by atoms with Gasteiger partial charge in [0.2, 0.25) is 0 Å². The first-order valence-electron chi connectivity index (χ1n) is 7.30. The fourth-order valence-corrected chi connectivity index (χ4v) is 2.36. The van der Waals surface area contributed by atoms with Crippen molar-refractivity contribution in [1.29, 1.82) is 0 Å². The second-order valence-corrected chi connectivity index (χ2v) is 5.10. The number of methoxy groups -OCH3 is 1. The minimum Gasteiger partial charge on any atom is -0.497 e. The molecule has 4 nitrogen and oxygen atoms in total. The number of rotatable bonds is 6. The summed E-state index contributed by atoms with van der Waals surface area (Å²) in [7, 11) is 1.68. The van der Waals surface area contributed by atoms with Crippen molar-refractivity contribution in [3.8, 4) is 5.75 Å². The summed E-state index contributed by atoms with van der Waals surface area (Å²) in [4.78, 5) is 9.29. The molecule has 0 saturated heterocycles. The standard InChI is InChI=1S/C17H23N3O/c1-5-18-11-16-12(2)19-17(20-13(16)3)10-14-7-6-8-15(9-14)21-4/h6-9,18H,5,10-11H2,1-4H3. The molecule has 0 aliphatic heterocycles. The van der Waals surface area contributed by atoms with Crippen LogP contribution in [-0.4, -0.2) is 23.6 Å². The molecule has 4 heteroatoms. The summed E-state index contributed by atoms with van der Waals surface area (Å²) < 4.78 is 5.25. The van der Waals surface area contributed by atoms with Crippen LogP contribution in [0.3, 0.4) is 0 Å². The Bertz CT molecular complexity index is 588. The van der Waals surface area contributed by atoms with Gasteiger partial charge in [0.25, 0.3) is 0 Å². The van der Waals surface area contributed by atoms with Crippen LogP contribution in [0.15, 0.2) is 24.3 Å². The first-order valence-corrected chi connectivity index (χ1v) is 7.30. The van der Waals surface area contributed by atoms with E-state index >= 15 is 0 Å². The molecule has 1 N–H and O–H groups in total. The van der Waals surface area contributed by atoms with Crippen molar-refractivity contribution < 1.29 is 4.74 Å². The number of nitrogens with one attached hydrogen (secondary N) is 1. The molecule has 0 radical (unpaired) electrons. The molecule has 21 heavy (non-hydrogen) atoms. The van der Waals surface area contributed by atoms with E-state index in [-0.39, 0.29) is 0 Å². The van der Waals surface area contributed by atoms with Crippen LogP contribution >= 0.6 is 0 Å². The highest BCUT2D eigenvalue weighted by atomic mass is 16.5. The lowest BCUT2D eigenvalue weighted by Gasteiger charge is -2.11. The Kier molecular flexibility index (Phi) is 5.28. The van der Waals surface area contributed by atoms with E-state index in [1.165, 1.54) is 5.56 Å². The Balaban J connectivity index is 2.20. The molecule has 1 aromatic heterocycles. The summed E-state index contributed by atoms with van der Waals surface area (Å²) >= 11 is 0. The van der Waals surface area contributed by atoms with Gasteiger partial charge in [-0.3, -0.25) is 0 Å². The average molecular weight is 285 g/mol. The van der Waals surface area contributed by atoms with Gasteiger partial charge < -0.3 is 10.1 Å². The summed E-state index contributed by atoms with van der Waals surface area (Å²) in [5.41, 5.74) is 4.47. The second kappa shape index (κ2) is 7.18. The van der Waals surface area contributed by atoms with E-state index in [9.17, 15) is 0 Å². The van der Waals surface area contributed by atoms with Gasteiger partial charge in [0.15, 0.2) is 0 Å². The van der Waals surface area contributed by atoms with Gasteiger partial charge in [-0.25, -0.2) is 9.97 Å². The molecule has 0 bridgehead atoms. The molecule has 0 unspecified atom stereocenters. The highest BCUT2D eigenvalue weighted by Crippen LogP contribution is 2.16. The van der Waals surface area contributed by atoms with Crippen LogP contribution < -0.4 is 10.1 Å². The molecule has 0 amide bonds. The number of hydrogen-bond acceptors (Lipinski definition) is 4. The zero-order valence-electron chi connectivity index (χ0n) is 13.2. The van der Waals surface area contributed by atoms with E-state index in [0.29, 0.717) is 0 Å². The van der Waals surface area contributed by atoms with Crippen molar-refractivity contribution in [3.63, 3.8) is 0 Å². The Morgan fingerprint density at radius 3 is 2.48 bits per heavy atom. The Morgan fingerprint density at radius 1 is 1.14 bits per heavy atom. The summed E-state index contributed by atoms with van der Waals surface area (Å²) in [6.45, 7) is 7.98. The first-order chi connectivity index (χ1) is 10.1. The number of nitrogens with zero attached hydrogens (tertiary/aromatic N) is 2. The monoisotopic (exact) mass is 285 g/mol. The normalized spacial score (nSPS) is 10.7. The lowest BCUT2D eigenvalue weighted by atomic mass is 10.1. The third kappa shape index (κ3) is 4.02. The van der Waals surface area contributed by atoms with Crippen molar-refractivity contribution in [1.82, 2.24) is 15.3 Å². The highest BCUT2D eigenvalue weighted by molar-refractivity contribution is 5.31. The van der Waals surface area contributed by atoms with Crippen LogP contribution in [0.25, 0.3) is 0 Å². The molecule has 0 aliphatic carbocycles. The maximum absolute atomic E-state index is 5.25. The first kappa shape index (κ1) is 15.4. The predicted octanol–water partition coefficient (Wildman–Crippen LogP) is 2.80. The minimum absolute atomic E-state index is 0.723. The summed E-state index contributed by atoms with van der Waals surface area (Å²) in [5.74, 6) is 1.73. The molecule has 0 spiro atoms. The number of benzene rings is 1. The average Bonchev–Trinajstić information content (AvgIpc) is 2.46. The van der Waals surface area contributed by atoms with Gasteiger partial charge in [-0.05, 0) is 38.1 Å². The van der Waals surface area contributed by atoms with Crippen LogP contribution in [0.2, 0.25) is 0 Å². The van der Waals surface area contributed by atoms with E-state index in [0.717, 1.165) is 48.0 Å².